The average Bonchev–Trinajstić information content (AvgIpc) is 2.90. The van der Waals surface area contributed by atoms with E-state index in [-0.39, 0.29) is 0 Å². The number of rotatable bonds is 7. The minimum Gasteiger partial charge on any atom is -0.384 e. The van der Waals surface area contributed by atoms with Gasteiger partial charge in [-0.05, 0) is 44.7 Å². The molecular formula is C14H28N2O2. The molecule has 4 heteroatoms. The SMILES string of the molecule is COCC1CCN(CCNCC2CCCO2)CC1. The van der Waals surface area contributed by atoms with E-state index in [0.717, 1.165) is 32.2 Å². The molecule has 0 aliphatic carbocycles. The van der Waals surface area contributed by atoms with E-state index in [1.54, 1.807) is 7.11 Å². The number of piperidine rings is 1. The fourth-order valence-corrected chi connectivity index (χ4v) is 2.92. The minimum absolute atomic E-state index is 0.470. The van der Waals surface area contributed by atoms with Gasteiger partial charge in [0.15, 0.2) is 0 Å². The van der Waals surface area contributed by atoms with E-state index >= 15 is 0 Å². The molecule has 0 saturated carbocycles. The van der Waals surface area contributed by atoms with Crippen LogP contribution in [0.3, 0.4) is 0 Å². The normalized spacial score (nSPS) is 26.8. The van der Waals surface area contributed by atoms with Crippen LogP contribution in [0, 0.1) is 5.92 Å². The van der Waals surface area contributed by atoms with E-state index < -0.39 is 0 Å². The summed E-state index contributed by atoms with van der Waals surface area (Å²) in [6.07, 6.45) is 5.52. The highest BCUT2D eigenvalue weighted by Gasteiger charge is 2.19. The highest BCUT2D eigenvalue weighted by molar-refractivity contribution is 4.73. The summed E-state index contributed by atoms with van der Waals surface area (Å²) in [6.45, 7) is 7.65. The number of nitrogens with zero attached hydrogens (tertiary/aromatic N) is 1. The Labute approximate surface area is 111 Å². The molecule has 2 rings (SSSR count). The Morgan fingerprint density at radius 3 is 2.78 bits per heavy atom. The molecule has 0 aromatic heterocycles. The van der Waals surface area contributed by atoms with Crippen LogP contribution in [0.4, 0.5) is 0 Å². The maximum Gasteiger partial charge on any atom is 0.0700 e. The topological polar surface area (TPSA) is 33.7 Å². The fourth-order valence-electron chi connectivity index (χ4n) is 2.92. The summed E-state index contributed by atoms with van der Waals surface area (Å²) in [5.41, 5.74) is 0. The summed E-state index contributed by atoms with van der Waals surface area (Å²) in [7, 11) is 1.81. The molecule has 2 aliphatic heterocycles. The second-order valence-electron chi connectivity index (χ2n) is 5.58. The largest absolute Gasteiger partial charge is 0.384 e. The molecule has 1 atom stereocenters. The van der Waals surface area contributed by atoms with Crippen molar-refractivity contribution < 1.29 is 9.47 Å². The summed E-state index contributed by atoms with van der Waals surface area (Å²) in [6, 6.07) is 0. The first-order valence-electron chi connectivity index (χ1n) is 7.42. The Balaban J connectivity index is 1.47. The van der Waals surface area contributed by atoms with Crippen molar-refractivity contribution in [2.45, 2.75) is 31.8 Å². The summed E-state index contributed by atoms with van der Waals surface area (Å²) in [5, 5.41) is 3.52. The van der Waals surface area contributed by atoms with E-state index in [4.69, 9.17) is 9.47 Å². The van der Waals surface area contributed by atoms with E-state index in [1.807, 2.05) is 0 Å². The van der Waals surface area contributed by atoms with Gasteiger partial charge in [-0.1, -0.05) is 0 Å². The molecule has 2 aliphatic rings. The summed E-state index contributed by atoms with van der Waals surface area (Å²) in [5.74, 6) is 0.783. The zero-order chi connectivity index (χ0) is 12.6. The lowest BCUT2D eigenvalue weighted by Gasteiger charge is -2.31. The van der Waals surface area contributed by atoms with Gasteiger partial charge in [-0.15, -0.1) is 0 Å². The molecule has 1 N–H and O–H groups in total. The van der Waals surface area contributed by atoms with Crippen molar-refractivity contribution in [2.24, 2.45) is 5.92 Å². The molecule has 0 spiro atoms. The maximum absolute atomic E-state index is 5.60. The van der Waals surface area contributed by atoms with Crippen LogP contribution in [0.25, 0.3) is 0 Å². The molecule has 18 heavy (non-hydrogen) atoms. The van der Waals surface area contributed by atoms with Crippen molar-refractivity contribution in [3.63, 3.8) is 0 Å². The number of nitrogens with one attached hydrogen (secondary N) is 1. The smallest absolute Gasteiger partial charge is 0.0700 e. The van der Waals surface area contributed by atoms with Crippen molar-refractivity contribution in [3.05, 3.63) is 0 Å². The predicted molar refractivity (Wildman–Crippen MR) is 72.9 cm³/mol. The first-order valence-corrected chi connectivity index (χ1v) is 7.42. The standard InChI is InChI=1S/C14H28N2O2/c1-17-12-13-4-7-16(8-5-13)9-6-15-11-14-3-2-10-18-14/h13-15H,2-12H2,1H3. The second kappa shape index (κ2) is 8.10. The highest BCUT2D eigenvalue weighted by atomic mass is 16.5. The van der Waals surface area contributed by atoms with Crippen LogP contribution in [-0.2, 0) is 9.47 Å². The third kappa shape index (κ3) is 4.84. The molecule has 0 amide bonds. The van der Waals surface area contributed by atoms with Gasteiger partial charge in [0.25, 0.3) is 0 Å². The zero-order valence-corrected chi connectivity index (χ0v) is 11.7. The van der Waals surface area contributed by atoms with Gasteiger partial charge < -0.3 is 19.7 Å². The third-order valence-corrected chi connectivity index (χ3v) is 4.11. The quantitative estimate of drug-likeness (QED) is 0.692. The van der Waals surface area contributed by atoms with Crippen LogP contribution in [0.2, 0.25) is 0 Å². The highest BCUT2D eigenvalue weighted by Crippen LogP contribution is 2.16. The van der Waals surface area contributed by atoms with Crippen molar-refractivity contribution in [2.75, 3.05) is 53.0 Å². The molecule has 1 unspecified atom stereocenters. The van der Waals surface area contributed by atoms with Crippen LogP contribution >= 0.6 is 0 Å². The number of hydrogen-bond acceptors (Lipinski definition) is 4. The van der Waals surface area contributed by atoms with Gasteiger partial charge in [0.1, 0.15) is 0 Å². The number of hydrogen-bond donors (Lipinski definition) is 1. The summed E-state index contributed by atoms with van der Waals surface area (Å²) in [4.78, 5) is 2.56. The Morgan fingerprint density at radius 1 is 1.28 bits per heavy atom. The lowest BCUT2D eigenvalue weighted by Crippen LogP contribution is -2.40. The first-order chi connectivity index (χ1) is 8.88. The lowest BCUT2D eigenvalue weighted by molar-refractivity contribution is 0.0960. The van der Waals surface area contributed by atoms with Gasteiger partial charge in [0.05, 0.1) is 6.10 Å². The zero-order valence-electron chi connectivity index (χ0n) is 11.7. The van der Waals surface area contributed by atoms with Gasteiger partial charge in [-0.25, -0.2) is 0 Å². The van der Waals surface area contributed by atoms with E-state index in [1.165, 1.54) is 45.3 Å². The predicted octanol–water partition coefficient (Wildman–Crippen LogP) is 1.11. The molecule has 0 radical (unpaired) electrons. The van der Waals surface area contributed by atoms with Crippen molar-refractivity contribution in [3.8, 4) is 0 Å². The maximum atomic E-state index is 5.60. The molecule has 2 fully saturated rings. The van der Waals surface area contributed by atoms with Gasteiger partial charge in [0.2, 0.25) is 0 Å². The van der Waals surface area contributed by atoms with Gasteiger partial charge in [-0.2, -0.15) is 0 Å². The van der Waals surface area contributed by atoms with Crippen LogP contribution in [0.5, 0.6) is 0 Å². The molecule has 2 saturated heterocycles. The minimum atomic E-state index is 0.470. The Morgan fingerprint density at radius 2 is 2.11 bits per heavy atom. The number of methoxy groups -OCH3 is 1. The first kappa shape index (κ1) is 14.3. The van der Waals surface area contributed by atoms with Crippen molar-refractivity contribution in [1.29, 1.82) is 0 Å². The lowest BCUT2D eigenvalue weighted by atomic mass is 9.98. The Hall–Kier alpha value is -0.160. The molecule has 0 aromatic rings. The van der Waals surface area contributed by atoms with Crippen LogP contribution < -0.4 is 5.32 Å². The average molecular weight is 256 g/mol. The molecule has 4 nitrogen and oxygen atoms in total. The van der Waals surface area contributed by atoms with E-state index in [9.17, 15) is 0 Å². The Kier molecular flexibility index (Phi) is 6.41. The van der Waals surface area contributed by atoms with Gasteiger partial charge in [0, 0.05) is 40.0 Å². The fraction of sp³-hybridized carbons (Fsp3) is 1.00. The Bertz CT molecular complexity index is 212. The van der Waals surface area contributed by atoms with Crippen LogP contribution in [0.15, 0.2) is 0 Å². The van der Waals surface area contributed by atoms with Crippen LogP contribution in [0.1, 0.15) is 25.7 Å². The molecule has 2 heterocycles. The molecule has 0 bridgehead atoms. The number of ether oxygens (including phenoxy) is 2. The second-order valence-corrected chi connectivity index (χ2v) is 5.58. The summed E-state index contributed by atoms with van der Waals surface area (Å²) < 4.78 is 10.8. The summed E-state index contributed by atoms with van der Waals surface area (Å²) >= 11 is 0. The van der Waals surface area contributed by atoms with Gasteiger partial charge in [-0.3, -0.25) is 0 Å². The van der Waals surface area contributed by atoms with E-state index in [2.05, 4.69) is 10.2 Å². The van der Waals surface area contributed by atoms with Crippen molar-refractivity contribution in [1.82, 2.24) is 10.2 Å². The molecule has 106 valence electrons. The van der Waals surface area contributed by atoms with Crippen molar-refractivity contribution >= 4 is 0 Å². The van der Waals surface area contributed by atoms with E-state index in [0.29, 0.717) is 6.10 Å². The monoisotopic (exact) mass is 256 g/mol. The molecular weight excluding hydrogens is 228 g/mol. The van der Waals surface area contributed by atoms with Crippen LogP contribution in [-0.4, -0.2) is 64.1 Å². The van der Waals surface area contributed by atoms with Gasteiger partial charge >= 0.3 is 0 Å². The number of likely N-dealkylation sites (tertiary alicyclic amines) is 1. The molecule has 0 aromatic carbocycles. The third-order valence-electron chi connectivity index (χ3n) is 4.11.